The first-order valence-electron chi connectivity index (χ1n) is 8.03. The molecule has 0 spiro atoms. The Kier molecular flexibility index (Phi) is 5.41. The van der Waals surface area contributed by atoms with E-state index < -0.39 is 55.8 Å². The standard InChI is InChI=1S/C18H10F5N3O3S/c1-25-10-4-9(19)5-11(6-10)29-13-2-3-14(30(28,17(20)21)26-8-24)15-12(13)7-18(22,23)16(15)27/h2-6,16-17,27H,7H2/t16-,30?/m0/s1. The van der Waals surface area contributed by atoms with Crippen LogP contribution in [-0.4, -0.2) is 21.0 Å². The number of halogens is 5. The number of aliphatic hydroxyl groups excluding tert-OH is 1. The van der Waals surface area contributed by atoms with Gasteiger partial charge in [-0.1, -0.05) is 0 Å². The van der Waals surface area contributed by atoms with Gasteiger partial charge in [0.25, 0.3) is 5.92 Å². The van der Waals surface area contributed by atoms with E-state index in [0.29, 0.717) is 0 Å². The number of ether oxygens (including phenoxy) is 1. The Morgan fingerprint density at radius 3 is 2.67 bits per heavy atom. The van der Waals surface area contributed by atoms with Gasteiger partial charge in [0.15, 0.2) is 15.4 Å². The van der Waals surface area contributed by atoms with Crippen LogP contribution in [0.4, 0.5) is 27.6 Å². The third-order valence-electron chi connectivity index (χ3n) is 4.31. The molecule has 0 radical (unpaired) electrons. The van der Waals surface area contributed by atoms with Gasteiger partial charge in [0.05, 0.1) is 11.5 Å². The summed E-state index contributed by atoms with van der Waals surface area (Å²) >= 11 is 0. The van der Waals surface area contributed by atoms with Gasteiger partial charge in [0, 0.05) is 23.6 Å². The molecule has 30 heavy (non-hydrogen) atoms. The first-order valence-corrected chi connectivity index (χ1v) is 9.61. The smallest absolute Gasteiger partial charge is 0.324 e. The average Bonchev–Trinajstić information content (AvgIpc) is 2.91. The monoisotopic (exact) mass is 443 g/mol. The second kappa shape index (κ2) is 7.55. The molecule has 12 heteroatoms. The molecule has 0 amide bonds. The van der Waals surface area contributed by atoms with Crippen LogP contribution in [-0.2, 0) is 16.1 Å². The highest BCUT2D eigenvalue weighted by Gasteiger charge is 2.51. The molecule has 1 N–H and O–H groups in total. The lowest BCUT2D eigenvalue weighted by atomic mass is 10.1. The summed E-state index contributed by atoms with van der Waals surface area (Å²) in [6.45, 7) is 6.93. The van der Waals surface area contributed by atoms with Crippen molar-refractivity contribution in [2.45, 2.75) is 29.1 Å². The van der Waals surface area contributed by atoms with E-state index in [1.165, 1.54) is 0 Å². The van der Waals surface area contributed by atoms with E-state index in [4.69, 9.17) is 16.6 Å². The summed E-state index contributed by atoms with van der Waals surface area (Å²) < 4.78 is 89.6. The minimum atomic E-state index is -4.77. The normalized spacial score (nSPS) is 18.8. The number of benzene rings is 2. The van der Waals surface area contributed by atoms with Gasteiger partial charge in [0.2, 0.25) is 6.19 Å². The summed E-state index contributed by atoms with van der Waals surface area (Å²) in [6, 6.07) is 4.56. The van der Waals surface area contributed by atoms with Crippen LogP contribution in [0.15, 0.2) is 39.6 Å². The van der Waals surface area contributed by atoms with Gasteiger partial charge >= 0.3 is 5.76 Å². The number of nitrogens with zero attached hydrogens (tertiary/aromatic N) is 3. The summed E-state index contributed by atoms with van der Waals surface area (Å²) in [5.41, 5.74) is -1.37. The summed E-state index contributed by atoms with van der Waals surface area (Å²) in [7, 11) is -4.77. The second-order valence-corrected chi connectivity index (χ2v) is 8.29. The fourth-order valence-electron chi connectivity index (χ4n) is 3.04. The molecule has 3 rings (SSSR count). The van der Waals surface area contributed by atoms with Crippen molar-refractivity contribution >= 4 is 15.4 Å². The highest BCUT2D eigenvalue weighted by atomic mass is 32.2. The molecule has 1 aliphatic rings. The van der Waals surface area contributed by atoms with Crippen LogP contribution in [0.2, 0.25) is 0 Å². The fourth-order valence-corrected chi connectivity index (χ4v) is 4.35. The van der Waals surface area contributed by atoms with Crippen LogP contribution in [0.25, 0.3) is 4.85 Å². The van der Waals surface area contributed by atoms with Gasteiger partial charge in [-0.3, -0.25) is 0 Å². The molecule has 0 bridgehead atoms. The Bertz CT molecular complexity index is 1230. The number of fused-ring (bicyclic) bond motifs is 1. The van der Waals surface area contributed by atoms with Gasteiger partial charge in [0.1, 0.15) is 23.4 Å². The number of hydrogen-bond acceptors (Lipinski definition) is 5. The molecule has 156 valence electrons. The van der Waals surface area contributed by atoms with Gasteiger partial charge in [-0.25, -0.2) is 22.2 Å². The zero-order valence-electron chi connectivity index (χ0n) is 14.7. The SMILES string of the molecule is [C-]#[N+]c1cc(F)cc(Oc2ccc(S(=O)(=NC#N)C(F)F)c3c2CC(F)(F)[C@H]3O)c1. The van der Waals surface area contributed by atoms with Crippen LogP contribution in [0.1, 0.15) is 17.2 Å². The highest BCUT2D eigenvalue weighted by Crippen LogP contribution is 2.50. The molecule has 2 aromatic rings. The van der Waals surface area contributed by atoms with E-state index in [9.17, 15) is 31.3 Å². The lowest BCUT2D eigenvalue weighted by Gasteiger charge is -2.18. The molecule has 0 saturated heterocycles. The van der Waals surface area contributed by atoms with E-state index in [0.717, 1.165) is 36.5 Å². The van der Waals surface area contributed by atoms with Crippen LogP contribution >= 0.6 is 0 Å². The Morgan fingerprint density at radius 2 is 2.07 bits per heavy atom. The first kappa shape index (κ1) is 21.5. The summed E-state index contributed by atoms with van der Waals surface area (Å²) in [4.78, 5) is 2.12. The molecule has 1 unspecified atom stereocenters. The number of nitriles is 1. The minimum Gasteiger partial charge on any atom is -0.458 e. The zero-order valence-corrected chi connectivity index (χ0v) is 15.5. The molecule has 0 aromatic heterocycles. The second-order valence-electron chi connectivity index (χ2n) is 6.17. The van der Waals surface area contributed by atoms with Crippen LogP contribution < -0.4 is 4.74 Å². The molecule has 0 heterocycles. The lowest BCUT2D eigenvalue weighted by molar-refractivity contribution is -0.0976. The summed E-state index contributed by atoms with van der Waals surface area (Å²) in [5.74, 6) is -8.93. The van der Waals surface area contributed by atoms with Crippen LogP contribution in [0, 0.1) is 23.8 Å². The largest absolute Gasteiger partial charge is 0.458 e. The predicted octanol–water partition coefficient (Wildman–Crippen LogP) is 4.92. The first-order chi connectivity index (χ1) is 14.0. The zero-order chi connectivity index (χ0) is 22.3. The van der Waals surface area contributed by atoms with E-state index in [1.54, 1.807) is 0 Å². The van der Waals surface area contributed by atoms with Crippen LogP contribution in [0.3, 0.4) is 0 Å². The molecule has 0 aliphatic heterocycles. The summed E-state index contributed by atoms with van der Waals surface area (Å²) in [6.07, 6.45) is -2.77. The van der Waals surface area contributed by atoms with E-state index in [2.05, 4.69) is 9.21 Å². The molecule has 6 nitrogen and oxygen atoms in total. The van der Waals surface area contributed by atoms with Crippen molar-refractivity contribution in [1.29, 1.82) is 5.26 Å². The van der Waals surface area contributed by atoms with Crippen LogP contribution in [0.5, 0.6) is 11.5 Å². The molecular weight excluding hydrogens is 433 g/mol. The molecule has 0 fully saturated rings. The van der Waals surface area contributed by atoms with E-state index in [1.807, 2.05) is 0 Å². The Labute approximate surface area is 167 Å². The van der Waals surface area contributed by atoms with E-state index >= 15 is 0 Å². The third-order valence-corrected chi connectivity index (χ3v) is 6.13. The minimum absolute atomic E-state index is 0.142. The van der Waals surface area contributed by atoms with Crippen molar-refractivity contribution in [3.8, 4) is 17.7 Å². The number of alkyl halides is 4. The summed E-state index contributed by atoms with van der Waals surface area (Å²) in [5, 5.41) is 18.6. The molecule has 2 atom stereocenters. The number of hydrogen-bond donors (Lipinski definition) is 1. The van der Waals surface area contributed by atoms with Crippen molar-refractivity contribution in [2.24, 2.45) is 4.36 Å². The van der Waals surface area contributed by atoms with Crippen molar-refractivity contribution < 1.29 is 36.0 Å². The van der Waals surface area contributed by atoms with Gasteiger partial charge in [-0.2, -0.15) is 14.0 Å². The number of rotatable bonds is 4. The van der Waals surface area contributed by atoms with Crippen molar-refractivity contribution in [2.75, 3.05) is 0 Å². The average molecular weight is 443 g/mol. The van der Waals surface area contributed by atoms with Crippen molar-refractivity contribution in [1.82, 2.24) is 0 Å². The number of aliphatic hydroxyl groups is 1. The van der Waals surface area contributed by atoms with Crippen molar-refractivity contribution in [3.05, 3.63) is 58.7 Å². The topological polar surface area (TPSA) is 87.0 Å². The maximum atomic E-state index is 14.2. The lowest BCUT2D eigenvalue weighted by Crippen LogP contribution is -2.23. The Morgan fingerprint density at radius 1 is 1.37 bits per heavy atom. The molecule has 0 saturated carbocycles. The maximum absolute atomic E-state index is 14.2. The maximum Gasteiger partial charge on any atom is 0.324 e. The highest BCUT2D eigenvalue weighted by molar-refractivity contribution is 7.94. The predicted molar refractivity (Wildman–Crippen MR) is 93.2 cm³/mol. The van der Waals surface area contributed by atoms with E-state index in [-0.39, 0.29) is 17.2 Å². The third kappa shape index (κ3) is 3.56. The van der Waals surface area contributed by atoms with Gasteiger partial charge < -0.3 is 9.84 Å². The molecule has 1 aliphatic carbocycles. The van der Waals surface area contributed by atoms with Crippen molar-refractivity contribution in [3.63, 3.8) is 0 Å². The molecular formula is C18H10F5N3O3S. The molecule has 2 aromatic carbocycles. The van der Waals surface area contributed by atoms with Gasteiger partial charge in [-0.15, -0.1) is 4.36 Å². The van der Waals surface area contributed by atoms with Gasteiger partial charge in [-0.05, 0) is 24.3 Å². The Balaban J connectivity index is 2.23. The fraction of sp³-hybridized carbons (Fsp3) is 0.222. The quantitative estimate of drug-likeness (QED) is 0.413. The Hall–Kier alpha value is -3.22.